The van der Waals surface area contributed by atoms with Gasteiger partial charge in [-0.05, 0) is 106 Å². The molecule has 0 saturated carbocycles. The Labute approximate surface area is 286 Å². The third-order valence-electron chi connectivity index (χ3n) is 9.21. The monoisotopic (exact) mass is 649 g/mol. The maximum Gasteiger partial charge on any atom is 0.135 e. The van der Waals surface area contributed by atoms with Gasteiger partial charge >= 0.3 is 0 Å². The Bertz CT molecular complexity index is 1610. The summed E-state index contributed by atoms with van der Waals surface area (Å²) >= 11 is 0. The number of rotatable bonds is 7. The Morgan fingerprint density at radius 2 is 1.19 bits per heavy atom. The van der Waals surface area contributed by atoms with E-state index in [0.717, 1.165) is 111 Å². The minimum atomic E-state index is 0.0841. The highest BCUT2D eigenvalue weighted by Gasteiger charge is 2.26. The normalized spacial score (nSPS) is 15.4. The molecule has 0 fully saturated rings. The van der Waals surface area contributed by atoms with Gasteiger partial charge in [0.1, 0.15) is 17.2 Å². The second-order valence-corrected chi connectivity index (χ2v) is 13.4. The maximum atomic E-state index is 7.21. The van der Waals surface area contributed by atoms with Crippen molar-refractivity contribution in [2.24, 2.45) is 0 Å². The summed E-state index contributed by atoms with van der Waals surface area (Å²) in [4.78, 5) is 4.83. The minimum absolute atomic E-state index is 0.0841. The van der Waals surface area contributed by atoms with Crippen molar-refractivity contribution in [1.82, 2.24) is 4.98 Å². The summed E-state index contributed by atoms with van der Waals surface area (Å²) in [6, 6.07) is 19.4. The highest BCUT2D eigenvalue weighted by Crippen LogP contribution is 2.49. The van der Waals surface area contributed by atoms with E-state index in [1.807, 2.05) is 18.2 Å². The van der Waals surface area contributed by atoms with Crippen LogP contribution in [0, 0.1) is 20.8 Å². The van der Waals surface area contributed by atoms with Crippen LogP contribution >= 0.6 is 0 Å². The van der Waals surface area contributed by atoms with Crippen molar-refractivity contribution in [3.63, 3.8) is 0 Å². The molecular formula is C42H51NO5. The SMILES string of the molecule is CCCCCC(CC)Oc1c2cc(C)cc1-c1cc(C)cc3c1OCCCCOc1c(cc(C)cc1-2)COCc1cccc(n1)COC3. The highest BCUT2D eigenvalue weighted by atomic mass is 16.5. The number of benzene rings is 3. The van der Waals surface area contributed by atoms with E-state index in [4.69, 9.17) is 28.7 Å². The van der Waals surface area contributed by atoms with Gasteiger partial charge in [0.15, 0.2) is 0 Å². The highest BCUT2D eigenvalue weighted by molar-refractivity contribution is 5.89. The maximum absolute atomic E-state index is 7.21. The topological polar surface area (TPSA) is 59.0 Å². The Hall–Kier alpha value is -3.87. The molecule has 0 spiro atoms. The van der Waals surface area contributed by atoms with Crippen LogP contribution in [0.1, 0.15) is 98.0 Å². The molecule has 48 heavy (non-hydrogen) atoms. The zero-order valence-corrected chi connectivity index (χ0v) is 29.5. The van der Waals surface area contributed by atoms with Crippen LogP contribution in [0.15, 0.2) is 54.6 Å². The molecule has 1 atom stereocenters. The first-order valence-corrected chi connectivity index (χ1v) is 17.9. The molecule has 10 bridgehead atoms. The number of pyridine rings is 1. The first-order chi connectivity index (χ1) is 23.4. The van der Waals surface area contributed by atoms with Gasteiger partial charge in [-0.15, -0.1) is 0 Å². The van der Waals surface area contributed by atoms with Crippen molar-refractivity contribution in [3.05, 3.63) is 93.8 Å². The average molecular weight is 650 g/mol. The van der Waals surface area contributed by atoms with E-state index >= 15 is 0 Å². The number of nitrogens with zero attached hydrogens (tertiary/aromatic N) is 1. The number of hydrogen-bond donors (Lipinski definition) is 0. The molecule has 0 N–H and O–H groups in total. The molecule has 1 unspecified atom stereocenters. The predicted molar refractivity (Wildman–Crippen MR) is 192 cm³/mol. The number of unbranched alkanes of at least 4 members (excludes halogenated alkanes) is 2. The van der Waals surface area contributed by atoms with E-state index in [9.17, 15) is 0 Å². The smallest absolute Gasteiger partial charge is 0.135 e. The number of ether oxygens (including phenoxy) is 5. The molecule has 0 amide bonds. The third-order valence-corrected chi connectivity index (χ3v) is 9.21. The van der Waals surface area contributed by atoms with Crippen LogP contribution in [0.4, 0.5) is 0 Å². The van der Waals surface area contributed by atoms with Crippen LogP contribution in [-0.2, 0) is 35.9 Å². The molecule has 2 aliphatic rings. The number of fused-ring (bicyclic) bond motifs is 2. The molecule has 6 rings (SSSR count). The van der Waals surface area contributed by atoms with E-state index < -0.39 is 0 Å². The molecule has 6 nitrogen and oxygen atoms in total. The fraction of sp³-hybridized carbons (Fsp3) is 0.452. The van der Waals surface area contributed by atoms with Crippen LogP contribution in [0.5, 0.6) is 17.2 Å². The first kappa shape index (κ1) is 34.0. The summed E-state index contributed by atoms with van der Waals surface area (Å²) in [5.74, 6) is 2.61. The second kappa shape index (κ2) is 16.0. The second-order valence-electron chi connectivity index (χ2n) is 13.4. The Balaban J connectivity index is 1.63. The lowest BCUT2D eigenvalue weighted by Crippen LogP contribution is -2.17. The lowest BCUT2D eigenvalue weighted by molar-refractivity contribution is 0.0961. The molecular weight excluding hydrogens is 598 g/mol. The molecule has 0 radical (unpaired) electrons. The van der Waals surface area contributed by atoms with Crippen LogP contribution in [0.25, 0.3) is 22.3 Å². The Morgan fingerprint density at radius 3 is 1.71 bits per heavy atom. The van der Waals surface area contributed by atoms with Gasteiger partial charge in [-0.25, -0.2) is 0 Å². The van der Waals surface area contributed by atoms with Crippen molar-refractivity contribution in [2.45, 2.75) is 112 Å². The molecule has 1 aromatic heterocycles. The lowest BCUT2D eigenvalue weighted by atomic mass is 9.90. The quantitative estimate of drug-likeness (QED) is 0.186. The third kappa shape index (κ3) is 8.04. The van der Waals surface area contributed by atoms with E-state index in [1.165, 1.54) is 12.8 Å². The minimum Gasteiger partial charge on any atom is -0.493 e. The first-order valence-electron chi connectivity index (χ1n) is 17.9. The molecule has 3 heterocycles. The van der Waals surface area contributed by atoms with Gasteiger partial charge in [0, 0.05) is 33.4 Å². The van der Waals surface area contributed by atoms with Crippen LogP contribution in [0.2, 0.25) is 0 Å². The molecule has 6 heteroatoms. The van der Waals surface area contributed by atoms with Crippen molar-refractivity contribution in [2.75, 3.05) is 13.2 Å². The van der Waals surface area contributed by atoms with Gasteiger partial charge in [-0.1, -0.05) is 44.9 Å². The van der Waals surface area contributed by atoms with E-state index in [1.54, 1.807) is 0 Å². The standard InChI is InChI=1S/C42H51NO5/c1-6-8-9-15-35(7-2)48-42-38-22-30(5)23-39(42)37-21-29(4)19-32-25-45-27-34-14-12-13-33(43-34)26-44-24-31-18-28(3)20-36(38)40(31)46-16-10-11-17-47-41(32)37/h12-14,18-23,35H,6-11,15-17,24-27H2,1-5H3. The van der Waals surface area contributed by atoms with Gasteiger partial charge in [-0.2, -0.15) is 0 Å². The van der Waals surface area contributed by atoms with Gasteiger partial charge in [0.25, 0.3) is 0 Å². The van der Waals surface area contributed by atoms with Crippen molar-refractivity contribution in [1.29, 1.82) is 0 Å². The summed E-state index contributed by atoms with van der Waals surface area (Å²) < 4.78 is 33.4. The molecule has 3 aromatic carbocycles. The molecule has 0 aliphatic carbocycles. The summed E-state index contributed by atoms with van der Waals surface area (Å²) in [7, 11) is 0. The zero-order valence-electron chi connectivity index (χ0n) is 29.5. The van der Waals surface area contributed by atoms with Crippen molar-refractivity contribution < 1.29 is 23.7 Å². The van der Waals surface area contributed by atoms with Gasteiger partial charge in [0.05, 0.1) is 57.1 Å². The summed E-state index contributed by atoms with van der Waals surface area (Å²) in [5.41, 5.74) is 11.4. The fourth-order valence-corrected chi connectivity index (χ4v) is 6.86. The van der Waals surface area contributed by atoms with E-state index in [-0.39, 0.29) is 6.10 Å². The Morgan fingerprint density at radius 1 is 0.667 bits per heavy atom. The van der Waals surface area contributed by atoms with E-state index in [0.29, 0.717) is 39.6 Å². The van der Waals surface area contributed by atoms with Crippen LogP contribution in [-0.4, -0.2) is 24.3 Å². The molecule has 0 saturated heterocycles. The fourth-order valence-electron chi connectivity index (χ4n) is 6.86. The number of aromatic nitrogens is 1. The van der Waals surface area contributed by atoms with Crippen LogP contribution in [0.3, 0.4) is 0 Å². The lowest BCUT2D eigenvalue weighted by Gasteiger charge is -2.26. The van der Waals surface area contributed by atoms with E-state index in [2.05, 4.69) is 71.0 Å². The average Bonchev–Trinajstić information content (AvgIpc) is 3.07. The Kier molecular flexibility index (Phi) is 11.3. The zero-order chi connectivity index (χ0) is 33.5. The molecule has 4 aromatic rings. The summed E-state index contributed by atoms with van der Waals surface area (Å²) in [6.07, 6.45) is 7.28. The number of hydrogen-bond acceptors (Lipinski definition) is 6. The largest absolute Gasteiger partial charge is 0.493 e. The number of aryl methyl sites for hydroxylation is 3. The summed E-state index contributed by atoms with van der Waals surface area (Å²) in [5, 5.41) is 0. The molecule has 254 valence electrons. The van der Waals surface area contributed by atoms with Crippen molar-refractivity contribution >= 4 is 0 Å². The van der Waals surface area contributed by atoms with Crippen molar-refractivity contribution in [3.8, 4) is 39.5 Å². The van der Waals surface area contributed by atoms with Crippen LogP contribution < -0.4 is 14.2 Å². The predicted octanol–water partition coefficient (Wildman–Crippen LogP) is 10.4. The van der Waals surface area contributed by atoms with Gasteiger partial charge < -0.3 is 23.7 Å². The molecule has 2 aliphatic heterocycles. The summed E-state index contributed by atoms with van der Waals surface area (Å²) in [6.45, 7) is 13.7. The van der Waals surface area contributed by atoms with Gasteiger partial charge in [0.2, 0.25) is 0 Å². The van der Waals surface area contributed by atoms with Gasteiger partial charge in [-0.3, -0.25) is 4.98 Å².